The van der Waals surface area contributed by atoms with Gasteiger partial charge in [0.15, 0.2) is 0 Å². The van der Waals surface area contributed by atoms with Gasteiger partial charge < -0.3 is 15.0 Å². The van der Waals surface area contributed by atoms with Gasteiger partial charge in [0.25, 0.3) is 0 Å². The Balaban J connectivity index is 2.08. The molecular formula is C23H44NO3-. The van der Waals surface area contributed by atoms with Gasteiger partial charge in [-0.2, -0.15) is 0 Å². The van der Waals surface area contributed by atoms with Crippen LogP contribution in [-0.2, 0) is 9.53 Å². The molecule has 27 heavy (non-hydrogen) atoms. The van der Waals surface area contributed by atoms with Crippen LogP contribution in [0.1, 0.15) is 125 Å². The predicted molar refractivity (Wildman–Crippen MR) is 114 cm³/mol. The van der Waals surface area contributed by atoms with Crippen LogP contribution in [-0.4, -0.2) is 28.2 Å². The van der Waals surface area contributed by atoms with E-state index in [0.717, 1.165) is 12.8 Å². The van der Waals surface area contributed by atoms with Crippen molar-refractivity contribution in [2.45, 2.75) is 142 Å². The molecule has 0 aromatic heterocycles. The molecule has 4 heteroatoms. The first kappa shape index (κ1) is 24.4. The molecule has 0 bridgehead atoms. The molecule has 1 fully saturated rings. The maximum atomic E-state index is 12.4. The third-order valence-corrected chi connectivity index (χ3v) is 5.84. The maximum Gasteiger partial charge on any atom is 0.306 e. The van der Waals surface area contributed by atoms with E-state index >= 15 is 0 Å². The summed E-state index contributed by atoms with van der Waals surface area (Å²) in [6, 6.07) is 0. The number of carbonyl (C=O) groups excluding carboxylic acids is 1. The van der Waals surface area contributed by atoms with Gasteiger partial charge in [-0.1, -0.05) is 71.1 Å². The molecule has 0 aromatic carbocycles. The second-order valence-corrected chi connectivity index (χ2v) is 9.72. The lowest BCUT2D eigenvalue weighted by Crippen LogP contribution is -2.59. The third kappa shape index (κ3) is 9.43. The fourth-order valence-electron chi connectivity index (χ4n) is 4.43. The number of ether oxygens (including phenoxy) is 1. The van der Waals surface area contributed by atoms with Crippen molar-refractivity contribution in [1.29, 1.82) is 0 Å². The molecule has 1 saturated heterocycles. The Kier molecular flexibility index (Phi) is 10.9. The topological polar surface area (TPSA) is 52.6 Å². The molecule has 0 amide bonds. The summed E-state index contributed by atoms with van der Waals surface area (Å²) in [5.41, 5.74) is -0.966. The average molecular weight is 383 g/mol. The monoisotopic (exact) mass is 382 g/mol. The third-order valence-electron chi connectivity index (χ3n) is 5.84. The number of hydrogen-bond acceptors (Lipinski definition) is 4. The van der Waals surface area contributed by atoms with E-state index in [9.17, 15) is 10.0 Å². The minimum atomic E-state index is -0.483. The first-order chi connectivity index (χ1) is 12.7. The SMILES string of the molecule is CCCCCCCCCCCCCC(=O)OC1CC(C)(C)N([O-])C(C)(C)C1. The molecular weight excluding hydrogens is 338 g/mol. The second kappa shape index (κ2) is 12.1. The van der Waals surface area contributed by atoms with Crippen LogP contribution in [0.15, 0.2) is 0 Å². The summed E-state index contributed by atoms with van der Waals surface area (Å²) < 4.78 is 5.70. The van der Waals surface area contributed by atoms with Gasteiger partial charge in [-0.25, -0.2) is 0 Å². The molecule has 0 aliphatic carbocycles. The average Bonchev–Trinajstić information content (AvgIpc) is 2.57. The molecule has 0 N–H and O–H groups in total. The van der Waals surface area contributed by atoms with Gasteiger partial charge in [0.1, 0.15) is 6.10 Å². The zero-order valence-electron chi connectivity index (χ0n) is 18.6. The molecule has 0 atom stereocenters. The highest BCUT2D eigenvalue weighted by Crippen LogP contribution is 2.38. The van der Waals surface area contributed by atoms with Crippen LogP contribution in [0.4, 0.5) is 0 Å². The molecule has 1 aliphatic rings. The van der Waals surface area contributed by atoms with Crippen molar-refractivity contribution in [2.75, 3.05) is 0 Å². The highest BCUT2D eigenvalue weighted by molar-refractivity contribution is 5.69. The molecule has 1 aliphatic heterocycles. The Hall–Kier alpha value is -0.610. The largest absolute Gasteiger partial charge is 0.784 e. The smallest absolute Gasteiger partial charge is 0.306 e. The summed E-state index contributed by atoms with van der Waals surface area (Å²) in [4.78, 5) is 12.2. The maximum absolute atomic E-state index is 12.4. The molecule has 1 heterocycles. The minimum absolute atomic E-state index is 0.0955. The summed E-state index contributed by atoms with van der Waals surface area (Å²) in [7, 11) is 0. The van der Waals surface area contributed by atoms with Gasteiger partial charge in [-0.15, -0.1) is 0 Å². The highest BCUT2D eigenvalue weighted by Gasteiger charge is 2.41. The van der Waals surface area contributed by atoms with Crippen LogP contribution in [0.25, 0.3) is 0 Å². The number of nitrogens with zero attached hydrogens (tertiary/aromatic N) is 1. The van der Waals surface area contributed by atoms with Crippen LogP contribution >= 0.6 is 0 Å². The Labute approximate surface area is 168 Å². The van der Waals surface area contributed by atoms with E-state index in [1.807, 2.05) is 27.7 Å². The fraction of sp³-hybridized carbons (Fsp3) is 0.957. The van der Waals surface area contributed by atoms with E-state index in [-0.39, 0.29) is 12.1 Å². The number of hydroxylamine groups is 2. The lowest BCUT2D eigenvalue weighted by molar-refractivity contribution is -0.157. The number of carbonyl (C=O) groups is 1. The lowest BCUT2D eigenvalue weighted by atomic mass is 9.80. The van der Waals surface area contributed by atoms with Gasteiger partial charge in [-0.3, -0.25) is 4.79 Å². The summed E-state index contributed by atoms with van der Waals surface area (Å²) >= 11 is 0. The van der Waals surface area contributed by atoms with Gasteiger partial charge >= 0.3 is 5.97 Å². The molecule has 1 rings (SSSR count). The van der Waals surface area contributed by atoms with Gasteiger partial charge in [0.05, 0.1) is 0 Å². The van der Waals surface area contributed by atoms with Crippen molar-refractivity contribution >= 4 is 5.97 Å². The number of rotatable bonds is 13. The fourth-order valence-corrected chi connectivity index (χ4v) is 4.43. The molecule has 4 nitrogen and oxygen atoms in total. The number of unbranched alkanes of at least 4 members (excludes halogenated alkanes) is 10. The zero-order chi connectivity index (χ0) is 20.3. The lowest BCUT2D eigenvalue weighted by Gasteiger charge is -2.59. The summed E-state index contributed by atoms with van der Waals surface area (Å²) in [5.74, 6) is -0.0955. The molecule has 0 unspecified atom stereocenters. The van der Waals surface area contributed by atoms with E-state index in [2.05, 4.69) is 6.92 Å². The van der Waals surface area contributed by atoms with Gasteiger partial charge in [0.2, 0.25) is 0 Å². The van der Waals surface area contributed by atoms with Crippen molar-refractivity contribution in [1.82, 2.24) is 5.06 Å². The normalized spacial score (nSPS) is 19.9. The van der Waals surface area contributed by atoms with Crippen molar-refractivity contribution in [3.63, 3.8) is 0 Å². The van der Waals surface area contributed by atoms with Gasteiger partial charge in [-0.05, 0) is 34.1 Å². The summed E-state index contributed by atoms with van der Waals surface area (Å²) in [6.45, 7) is 10.0. The molecule has 0 spiro atoms. The number of hydrogen-bond donors (Lipinski definition) is 0. The Bertz CT molecular complexity index is 402. The minimum Gasteiger partial charge on any atom is -0.784 e. The van der Waals surface area contributed by atoms with E-state index in [1.165, 1.54) is 62.9 Å². The van der Waals surface area contributed by atoms with E-state index in [4.69, 9.17) is 4.74 Å². The van der Waals surface area contributed by atoms with Crippen LogP contribution < -0.4 is 0 Å². The molecule has 0 saturated carbocycles. The first-order valence-corrected chi connectivity index (χ1v) is 11.4. The second-order valence-electron chi connectivity index (χ2n) is 9.72. The van der Waals surface area contributed by atoms with E-state index in [1.54, 1.807) is 0 Å². The summed E-state index contributed by atoms with van der Waals surface area (Å²) in [6.07, 6.45) is 15.7. The molecule has 0 radical (unpaired) electrons. The predicted octanol–water partition coefficient (Wildman–Crippen LogP) is 6.75. The Morgan fingerprint density at radius 2 is 1.26 bits per heavy atom. The standard InChI is InChI=1S/C23H44NO3/c1-6-7-8-9-10-11-12-13-14-15-16-17-21(25)27-20-18-22(2,3)24(26)23(4,5)19-20/h20H,6-19H2,1-5H3/q-1. The van der Waals surface area contributed by atoms with Crippen LogP contribution in [0.5, 0.6) is 0 Å². The van der Waals surface area contributed by atoms with Gasteiger partial charge in [0, 0.05) is 30.3 Å². The van der Waals surface area contributed by atoms with Crippen molar-refractivity contribution in [3.05, 3.63) is 5.21 Å². The van der Waals surface area contributed by atoms with Crippen LogP contribution in [0, 0.1) is 5.21 Å². The van der Waals surface area contributed by atoms with Crippen molar-refractivity contribution < 1.29 is 9.53 Å². The quantitative estimate of drug-likeness (QED) is 0.261. The van der Waals surface area contributed by atoms with E-state index in [0.29, 0.717) is 19.3 Å². The van der Waals surface area contributed by atoms with Crippen LogP contribution in [0.3, 0.4) is 0 Å². The zero-order valence-corrected chi connectivity index (χ0v) is 18.6. The first-order valence-electron chi connectivity index (χ1n) is 11.4. The Morgan fingerprint density at radius 3 is 1.70 bits per heavy atom. The van der Waals surface area contributed by atoms with Crippen molar-refractivity contribution in [2.24, 2.45) is 0 Å². The highest BCUT2D eigenvalue weighted by atomic mass is 16.5. The Morgan fingerprint density at radius 1 is 0.852 bits per heavy atom. The number of piperidine rings is 1. The van der Waals surface area contributed by atoms with Crippen molar-refractivity contribution in [3.8, 4) is 0 Å². The summed E-state index contributed by atoms with van der Waals surface area (Å²) in [5, 5.41) is 13.5. The van der Waals surface area contributed by atoms with E-state index < -0.39 is 11.1 Å². The molecule has 160 valence electrons. The molecule has 0 aromatic rings. The van der Waals surface area contributed by atoms with Crippen LogP contribution in [0.2, 0.25) is 0 Å². The number of esters is 1.